The lowest BCUT2D eigenvalue weighted by atomic mass is 10.2. The summed E-state index contributed by atoms with van der Waals surface area (Å²) < 4.78 is 4.85. The number of benzene rings is 1. The molecule has 24 heavy (non-hydrogen) atoms. The largest absolute Gasteiger partial charge is 0.383 e. The molecule has 0 aliphatic rings. The molecule has 0 bridgehead atoms. The SMILES string of the molecule is COCCNC(=O)c1cccc(C(=O)Nc2c(Cl)cccc2Cl)n1. The number of anilines is 1. The number of halogens is 2. The van der Waals surface area contributed by atoms with Gasteiger partial charge in [-0.15, -0.1) is 0 Å². The van der Waals surface area contributed by atoms with Crippen LogP contribution in [0.1, 0.15) is 21.0 Å². The number of hydrogen-bond donors (Lipinski definition) is 2. The first-order valence-corrected chi connectivity index (χ1v) is 7.78. The molecule has 1 aromatic carbocycles. The normalized spacial score (nSPS) is 10.3. The molecule has 126 valence electrons. The summed E-state index contributed by atoms with van der Waals surface area (Å²) in [5, 5.41) is 5.85. The Morgan fingerprint density at radius 3 is 2.25 bits per heavy atom. The molecule has 8 heteroatoms. The average Bonchev–Trinajstić information content (AvgIpc) is 2.58. The highest BCUT2D eigenvalue weighted by Crippen LogP contribution is 2.30. The molecular weight excluding hydrogens is 353 g/mol. The Hall–Kier alpha value is -2.15. The molecule has 1 aromatic heterocycles. The van der Waals surface area contributed by atoms with E-state index < -0.39 is 11.8 Å². The van der Waals surface area contributed by atoms with Gasteiger partial charge in [-0.1, -0.05) is 35.3 Å². The van der Waals surface area contributed by atoms with Crippen molar-refractivity contribution in [3.8, 4) is 0 Å². The maximum atomic E-state index is 12.3. The number of pyridine rings is 1. The molecule has 2 N–H and O–H groups in total. The summed E-state index contributed by atoms with van der Waals surface area (Å²) in [5.41, 5.74) is 0.497. The van der Waals surface area contributed by atoms with Crippen molar-refractivity contribution in [1.82, 2.24) is 10.3 Å². The average molecular weight is 368 g/mol. The van der Waals surface area contributed by atoms with Crippen molar-refractivity contribution in [1.29, 1.82) is 0 Å². The molecule has 0 aliphatic heterocycles. The van der Waals surface area contributed by atoms with Crippen molar-refractivity contribution in [2.24, 2.45) is 0 Å². The lowest BCUT2D eigenvalue weighted by Crippen LogP contribution is -2.28. The maximum absolute atomic E-state index is 12.3. The smallest absolute Gasteiger partial charge is 0.274 e. The maximum Gasteiger partial charge on any atom is 0.274 e. The van der Waals surface area contributed by atoms with Crippen LogP contribution in [0.15, 0.2) is 36.4 Å². The van der Waals surface area contributed by atoms with E-state index in [2.05, 4.69) is 15.6 Å². The first kappa shape index (κ1) is 18.2. The van der Waals surface area contributed by atoms with Crippen LogP contribution < -0.4 is 10.6 Å². The third-order valence-corrected chi connectivity index (χ3v) is 3.64. The molecule has 1 heterocycles. The number of nitrogens with one attached hydrogen (secondary N) is 2. The van der Waals surface area contributed by atoms with E-state index in [1.807, 2.05) is 0 Å². The number of amides is 2. The van der Waals surface area contributed by atoms with E-state index in [4.69, 9.17) is 27.9 Å². The van der Waals surface area contributed by atoms with Crippen molar-refractivity contribution in [3.63, 3.8) is 0 Å². The van der Waals surface area contributed by atoms with Gasteiger partial charge >= 0.3 is 0 Å². The third-order valence-electron chi connectivity index (χ3n) is 3.01. The summed E-state index contributed by atoms with van der Waals surface area (Å²) in [6.45, 7) is 0.736. The second-order valence-corrected chi connectivity index (χ2v) is 5.52. The van der Waals surface area contributed by atoms with Crippen molar-refractivity contribution >= 4 is 40.7 Å². The van der Waals surface area contributed by atoms with Crippen molar-refractivity contribution in [2.75, 3.05) is 25.6 Å². The van der Waals surface area contributed by atoms with Gasteiger partial charge in [0.05, 0.1) is 22.3 Å². The van der Waals surface area contributed by atoms with Crippen LogP contribution in [-0.2, 0) is 4.74 Å². The summed E-state index contributed by atoms with van der Waals surface area (Å²) in [6, 6.07) is 9.46. The number of methoxy groups -OCH3 is 1. The van der Waals surface area contributed by atoms with Gasteiger partial charge in [0.25, 0.3) is 11.8 Å². The molecule has 2 aromatic rings. The van der Waals surface area contributed by atoms with E-state index in [-0.39, 0.29) is 11.4 Å². The molecule has 6 nitrogen and oxygen atoms in total. The van der Waals surface area contributed by atoms with Gasteiger partial charge in [-0.3, -0.25) is 9.59 Å². The Morgan fingerprint density at radius 1 is 1.04 bits per heavy atom. The van der Waals surface area contributed by atoms with E-state index in [9.17, 15) is 9.59 Å². The minimum absolute atomic E-state index is 0.0744. The summed E-state index contributed by atoms with van der Waals surface area (Å²) in [7, 11) is 1.54. The van der Waals surface area contributed by atoms with Gasteiger partial charge in [0.15, 0.2) is 0 Å². The van der Waals surface area contributed by atoms with Gasteiger partial charge in [0.1, 0.15) is 11.4 Å². The third kappa shape index (κ3) is 4.67. The fourth-order valence-corrected chi connectivity index (χ4v) is 2.33. The van der Waals surface area contributed by atoms with Gasteiger partial charge in [-0.05, 0) is 24.3 Å². The highest BCUT2D eigenvalue weighted by molar-refractivity contribution is 6.40. The number of rotatable bonds is 6. The monoisotopic (exact) mass is 367 g/mol. The van der Waals surface area contributed by atoms with Crippen molar-refractivity contribution in [2.45, 2.75) is 0 Å². The fraction of sp³-hybridized carbons (Fsp3) is 0.188. The summed E-state index contributed by atoms with van der Waals surface area (Å²) in [4.78, 5) is 28.3. The Bertz CT molecular complexity index is 733. The quantitative estimate of drug-likeness (QED) is 0.769. The zero-order chi connectivity index (χ0) is 17.5. The lowest BCUT2D eigenvalue weighted by Gasteiger charge is -2.09. The van der Waals surface area contributed by atoms with E-state index in [1.54, 1.807) is 24.3 Å². The fourth-order valence-electron chi connectivity index (χ4n) is 1.84. The van der Waals surface area contributed by atoms with Gasteiger partial charge in [-0.2, -0.15) is 0 Å². The van der Waals surface area contributed by atoms with E-state index >= 15 is 0 Å². The van der Waals surface area contributed by atoms with Crippen LogP contribution in [-0.4, -0.2) is 37.1 Å². The Morgan fingerprint density at radius 2 is 1.62 bits per heavy atom. The molecular formula is C16H15Cl2N3O3. The number of carbonyl (C=O) groups is 2. The van der Waals surface area contributed by atoms with Crippen molar-refractivity contribution < 1.29 is 14.3 Å². The Labute approximate surface area is 149 Å². The molecule has 2 rings (SSSR count). The van der Waals surface area contributed by atoms with Crippen LogP contribution >= 0.6 is 23.2 Å². The van der Waals surface area contributed by atoms with E-state index in [1.165, 1.54) is 19.2 Å². The predicted octanol–water partition coefficient (Wildman–Crippen LogP) is 3.02. The summed E-state index contributed by atoms with van der Waals surface area (Å²) in [6.07, 6.45) is 0. The van der Waals surface area contributed by atoms with Crippen LogP contribution in [0.25, 0.3) is 0 Å². The van der Waals surface area contributed by atoms with E-state index in [0.29, 0.717) is 28.9 Å². The van der Waals surface area contributed by atoms with Gasteiger partial charge in [-0.25, -0.2) is 4.98 Å². The van der Waals surface area contributed by atoms with E-state index in [0.717, 1.165) is 0 Å². The Kier molecular flexibility index (Phi) is 6.54. The molecule has 0 aliphatic carbocycles. The first-order valence-electron chi connectivity index (χ1n) is 7.02. The molecule has 0 saturated heterocycles. The minimum Gasteiger partial charge on any atom is -0.383 e. The van der Waals surface area contributed by atoms with Crippen LogP contribution in [0.5, 0.6) is 0 Å². The van der Waals surface area contributed by atoms with Crippen LogP contribution in [0, 0.1) is 0 Å². The van der Waals surface area contributed by atoms with Gasteiger partial charge in [0.2, 0.25) is 0 Å². The summed E-state index contributed by atoms with van der Waals surface area (Å²) >= 11 is 12.0. The molecule has 2 amide bonds. The highest BCUT2D eigenvalue weighted by atomic mass is 35.5. The number of ether oxygens (including phenoxy) is 1. The molecule has 0 unspecified atom stereocenters. The zero-order valence-electron chi connectivity index (χ0n) is 12.8. The Balaban J connectivity index is 2.13. The topological polar surface area (TPSA) is 80.3 Å². The molecule has 0 fully saturated rings. The first-order chi connectivity index (χ1) is 11.5. The van der Waals surface area contributed by atoms with Crippen LogP contribution in [0.4, 0.5) is 5.69 Å². The summed E-state index contributed by atoms with van der Waals surface area (Å²) in [5.74, 6) is -0.908. The standard InChI is InChI=1S/C16H15Cl2N3O3/c1-24-9-8-19-15(22)12-6-3-7-13(20-12)16(23)21-14-10(17)4-2-5-11(14)18/h2-7H,8-9H2,1H3,(H,19,22)(H,21,23). The number of para-hydroxylation sites is 1. The zero-order valence-corrected chi connectivity index (χ0v) is 14.3. The van der Waals surface area contributed by atoms with Gasteiger partial charge < -0.3 is 15.4 Å². The van der Waals surface area contributed by atoms with Gasteiger partial charge in [0, 0.05) is 13.7 Å². The molecule has 0 radical (unpaired) electrons. The number of nitrogens with zero attached hydrogens (tertiary/aromatic N) is 1. The van der Waals surface area contributed by atoms with Crippen LogP contribution in [0.2, 0.25) is 10.0 Å². The molecule has 0 atom stereocenters. The minimum atomic E-state index is -0.517. The molecule has 0 saturated carbocycles. The molecule has 0 spiro atoms. The second kappa shape index (κ2) is 8.63. The lowest BCUT2D eigenvalue weighted by molar-refractivity contribution is 0.0932. The number of hydrogen-bond acceptors (Lipinski definition) is 4. The van der Waals surface area contributed by atoms with Crippen LogP contribution in [0.3, 0.4) is 0 Å². The predicted molar refractivity (Wildman–Crippen MR) is 92.9 cm³/mol. The highest BCUT2D eigenvalue weighted by Gasteiger charge is 2.15. The van der Waals surface area contributed by atoms with Crippen molar-refractivity contribution in [3.05, 3.63) is 57.8 Å². The number of aromatic nitrogens is 1. The second-order valence-electron chi connectivity index (χ2n) is 4.71. The number of carbonyl (C=O) groups excluding carboxylic acids is 2.